The Morgan fingerprint density at radius 2 is 2.05 bits per heavy atom. The van der Waals surface area contributed by atoms with Gasteiger partial charge in [-0.3, -0.25) is 14.9 Å². The SMILES string of the molecule is CC(C)c1csc(N2C(=O)NC(=O)C3(CC3)C2=O)n1. The predicted molar refractivity (Wildman–Crippen MR) is 68.9 cm³/mol. The molecule has 0 radical (unpaired) electrons. The number of rotatable bonds is 2. The number of amides is 4. The normalized spacial score (nSPS) is 21.2. The number of aromatic nitrogens is 1. The maximum absolute atomic E-state index is 12.3. The van der Waals surface area contributed by atoms with E-state index in [4.69, 9.17) is 0 Å². The van der Waals surface area contributed by atoms with Crippen LogP contribution < -0.4 is 10.2 Å². The van der Waals surface area contributed by atoms with E-state index in [-0.39, 0.29) is 5.92 Å². The lowest BCUT2D eigenvalue weighted by molar-refractivity contribution is -0.136. The first-order valence-electron chi connectivity index (χ1n) is 6.11. The smallest absolute Gasteiger partial charge is 0.276 e. The van der Waals surface area contributed by atoms with Crippen LogP contribution >= 0.6 is 11.3 Å². The minimum Gasteiger partial charge on any atom is -0.276 e. The summed E-state index contributed by atoms with van der Waals surface area (Å²) in [5.41, 5.74) is -0.181. The molecule has 1 saturated heterocycles. The quantitative estimate of drug-likeness (QED) is 0.834. The van der Waals surface area contributed by atoms with Gasteiger partial charge in [-0.1, -0.05) is 13.8 Å². The summed E-state index contributed by atoms with van der Waals surface area (Å²) in [4.78, 5) is 41.2. The molecule has 1 aromatic rings. The van der Waals surface area contributed by atoms with E-state index in [1.165, 1.54) is 11.3 Å². The number of hydrogen-bond donors (Lipinski definition) is 1. The summed E-state index contributed by atoms with van der Waals surface area (Å²) in [6, 6.07) is -0.697. The number of hydrogen-bond acceptors (Lipinski definition) is 5. The number of carbonyl (C=O) groups excluding carboxylic acids is 3. The van der Waals surface area contributed by atoms with Crippen molar-refractivity contribution in [2.45, 2.75) is 32.6 Å². The van der Waals surface area contributed by atoms with Gasteiger partial charge in [0.1, 0.15) is 5.41 Å². The largest absolute Gasteiger partial charge is 0.337 e. The Morgan fingerprint density at radius 3 is 2.58 bits per heavy atom. The highest BCUT2D eigenvalue weighted by molar-refractivity contribution is 7.14. The molecule has 19 heavy (non-hydrogen) atoms. The predicted octanol–water partition coefficient (Wildman–Crippen LogP) is 1.63. The molecule has 1 saturated carbocycles. The molecule has 0 bridgehead atoms. The Hall–Kier alpha value is -1.76. The topological polar surface area (TPSA) is 79.4 Å². The van der Waals surface area contributed by atoms with Crippen molar-refractivity contribution in [1.82, 2.24) is 10.3 Å². The molecule has 2 heterocycles. The van der Waals surface area contributed by atoms with Crippen LogP contribution in [0.4, 0.5) is 9.93 Å². The van der Waals surface area contributed by atoms with E-state index in [0.29, 0.717) is 18.0 Å². The van der Waals surface area contributed by atoms with Gasteiger partial charge in [-0.05, 0) is 18.8 Å². The third kappa shape index (κ3) is 1.68. The number of urea groups is 1. The van der Waals surface area contributed by atoms with Crippen molar-refractivity contribution >= 4 is 34.3 Å². The maximum atomic E-state index is 12.3. The fourth-order valence-electron chi connectivity index (χ4n) is 2.06. The van der Waals surface area contributed by atoms with Crippen LogP contribution in [0.15, 0.2) is 5.38 Å². The van der Waals surface area contributed by atoms with Gasteiger partial charge in [0.05, 0.1) is 5.69 Å². The molecular weight excluding hydrogens is 266 g/mol. The van der Waals surface area contributed by atoms with Gasteiger partial charge in [-0.15, -0.1) is 11.3 Å². The van der Waals surface area contributed by atoms with Crippen molar-refractivity contribution in [3.63, 3.8) is 0 Å². The van der Waals surface area contributed by atoms with E-state index in [9.17, 15) is 14.4 Å². The van der Waals surface area contributed by atoms with Gasteiger partial charge in [0.15, 0.2) is 0 Å². The minimum absolute atomic E-state index is 0.226. The van der Waals surface area contributed by atoms with Crippen molar-refractivity contribution < 1.29 is 14.4 Å². The molecule has 100 valence electrons. The highest BCUT2D eigenvalue weighted by Crippen LogP contribution is 2.49. The van der Waals surface area contributed by atoms with E-state index in [0.717, 1.165) is 10.6 Å². The highest BCUT2D eigenvalue weighted by atomic mass is 32.1. The fraction of sp³-hybridized carbons (Fsp3) is 0.500. The number of anilines is 1. The molecular formula is C12H13N3O3S. The molecule has 2 aliphatic rings. The van der Waals surface area contributed by atoms with Gasteiger partial charge in [-0.2, -0.15) is 0 Å². The van der Waals surface area contributed by atoms with E-state index >= 15 is 0 Å². The second-order valence-corrected chi connectivity index (χ2v) is 6.03. The highest BCUT2D eigenvalue weighted by Gasteiger charge is 2.62. The van der Waals surface area contributed by atoms with E-state index in [1.807, 2.05) is 19.2 Å². The summed E-state index contributed by atoms with van der Waals surface area (Å²) in [6.45, 7) is 3.98. The van der Waals surface area contributed by atoms with Crippen LogP contribution in [-0.4, -0.2) is 22.8 Å². The first kappa shape index (κ1) is 12.3. The molecule has 0 atom stereocenters. The molecule has 1 N–H and O–H groups in total. The van der Waals surface area contributed by atoms with E-state index < -0.39 is 23.3 Å². The van der Waals surface area contributed by atoms with Gasteiger partial charge in [0.2, 0.25) is 11.0 Å². The molecule has 3 rings (SSSR count). The van der Waals surface area contributed by atoms with Crippen LogP contribution in [0.25, 0.3) is 0 Å². The third-order valence-corrected chi connectivity index (χ3v) is 4.36. The van der Waals surface area contributed by atoms with Crippen molar-refractivity contribution in [2.24, 2.45) is 5.41 Å². The number of imide groups is 2. The van der Waals surface area contributed by atoms with Crippen molar-refractivity contribution in [1.29, 1.82) is 0 Å². The molecule has 6 nitrogen and oxygen atoms in total. The maximum Gasteiger partial charge on any atom is 0.337 e. The van der Waals surface area contributed by atoms with Crippen LogP contribution in [0, 0.1) is 5.41 Å². The van der Waals surface area contributed by atoms with E-state index in [2.05, 4.69) is 10.3 Å². The molecule has 7 heteroatoms. The zero-order valence-corrected chi connectivity index (χ0v) is 11.4. The monoisotopic (exact) mass is 279 g/mol. The molecule has 1 spiro atoms. The number of nitrogens with one attached hydrogen (secondary N) is 1. The van der Waals surface area contributed by atoms with Gasteiger partial charge in [-0.25, -0.2) is 14.7 Å². The fourth-order valence-corrected chi connectivity index (χ4v) is 3.04. The van der Waals surface area contributed by atoms with Crippen LogP contribution in [0.3, 0.4) is 0 Å². The first-order chi connectivity index (χ1) is 8.95. The van der Waals surface area contributed by atoms with Crippen LogP contribution in [0.2, 0.25) is 0 Å². The van der Waals surface area contributed by atoms with Crippen LogP contribution in [0.1, 0.15) is 38.3 Å². The van der Waals surface area contributed by atoms with Gasteiger partial charge in [0.25, 0.3) is 5.91 Å². The molecule has 2 fully saturated rings. The number of nitrogens with zero attached hydrogens (tertiary/aromatic N) is 2. The lowest BCUT2D eigenvalue weighted by atomic mass is 10.0. The zero-order chi connectivity index (χ0) is 13.8. The molecule has 0 unspecified atom stereocenters. The molecule has 1 aliphatic heterocycles. The van der Waals surface area contributed by atoms with E-state index in [1.54, 1.807) is 0 Å². The molecule has 1 aromatic heterocycles. The first-order valence-corrected chi connectivity index (χ1v) is 6.99. The van der Waals surface area contributed by atoms with Gasteiger partial charge >= 0.3 is 6.03 Å². The summed E-state index contributed by atoms with van der Waals surface area (Å²) in [6.07, 6.45) is 1.01. The third-order valence-electron chi connectivity index (χ3n) is 3.51. The number of thiazole rings is 1. The summed E-state index contributed by atoms with van der Waals surface area (Å²) < 4.78 is 0. The Morgan fingerprint density at radius 1 is 1.37 bits per heavy atom. The second-order valence-electron chi connectivity index (χ2n) is 5.19. The van der Waals surface area contributed by atoms with Gasteiger partial charge in [0, 0.05) is 5.38 Å². The summed E-state index contributed by atoms with van der Waals surface area (Å²) in [7, 11) is 0. The Bertz CT molecular complexity index is 589. The average Bonchev–Trinajstić information content (AvgIpc) is 3.00. The number of carbonyl (C=O) groups is 3. The van der Waals surface area contributed by atoms with Crippen LogP contribution in [-0.2, 0) is 9.59 Å². The Kier molecular flexibility index (Phi) is 2.50. The average molecular weight is 279 g/mol. The molecule has 1 aliphatic carbocycles. The van der Waals surface area contributed by atoms with Crippen molar-refractivity contribution in [3.8, 4) is 0 Å². The lowest BCUT2D eigenvalue weighted by Gasteiger charge is -2.28. The Labute approximate surface area is 113 Å². The summed E-state index contributed by atoms with van der Waals surface area (Å²) >= 11 is 1.24. The minimum atomic E-state index is -1.02. The van der Waals surface area contributed by atoms with Crippen molar-refractivity contribution in [2.75, 3.05) is 4.90 Å². The molecule has 0 aromatic carbocycles. The second kappa shape index (κ2) is 3.86. The summed E-state index contributed by atoms with van der Waals surface area (Å²) in [5.74, 6) is -0.685. The van der Waals surface area contributed by atoms with Crippen molar-refractivity contribution in [3.05, 3.63) is 11.1 Å². The van der Waals surface area contributed by atoms with Crippen LogP contribution in [0.5, 0.6) is 0 Å². The Balaban J connectivity index is 1.96. The lowest BCUT2D eigenvalue weighted by Crippen LogP contribution is -2.59. The number of barbiturate groups is 1. The zero-order valence-electron chi connectivity index (χ0n) is 10.6. The molecule has 4 amide bonds. The summed E-state index contributed by atoms with van der Waals surface area (Å²) in [5, 5.41) is 4.41. The standard InChI is InChI=1S/C12H13N3O3S/c1-6(2)7-5-19-11(13-7)15-9(17)12(3-4-12)8(16)14-10(15)18/h5-6H,3-4H2,1-2H3,(H,14,16,18). The van der Waals surface area contributed by atoms with Gasteiger partial charge < -0.3 is 0 Å².